The number of aliphatic hydroxyl groups excluding tert-OH is 1. The van der Waals surface area contributed by atoms with Crippen LogP contribution >= 0.6 is 0 Å². The molecule has 164 valence electrons. The molecule has 4 rings (SSSR count). The zero-order valence-electron chi connectivity index (χ0n) is 19.0. The summed E-state index contributed by atoms with van der Waals surface area (Å²) >= 11 is 0. The summed E-state index contributed by atoms with van der Waals surface area (Å²) in [5.41, 5.74) is 0.241. The van der Waals surface area contributed by atoms with Crippen LogP contribution < -0.4 is 0 Å². The molecule has 0 saturated heterocycles. The van der Waals surface area contributed by atoms with Gasteiger partial charge in [-0.05, 0) is 84.9 Å². The molecule has 0 radical (unpaired) electrons. The number of ketones is 1. The van der Waals surface area contributed by atoms with E-state index < -0.39 is 5.97 Å². The molecule has 0 aromatic rings. The van der Waals surface area contributed by atoms with Crippen LogP contribution in [-0.4, -0.2) is 28.1 Å². The molecule has 29 heavy (non-hydrogen) atoms. The van der Waals surface area contributed by atoms with Crippen LogP contribution in [-0.2, 0) is 9.59 Å². The number of aliphatic carboxylic acids is 1. The largest absolute Gasteiger partial charge is 0.481 e. The molecular formula is C25H40O4. The fourth-order valence-corrected chi connectivity index (χ4v) is 9.15. The number of aliphatic hydroxyl groups is 1. The van der Waals surface area contributed by atoms with Crippen molar-refractivity contribution in [3.05, 3.63) is 0 Å². The maximum atomic E-state index is 13.3. The van der Waals surface area contributed by atoms with Gasteiger partial charge < -0.3 is 10.2 Å². The highest BCUT2D eigenvalue weighted by atomic mass is 16.4. The number of carbonyl (C=O) groups excluding carboxylic acids is 1. The molecule has 4 heteroatoms. The third-order valence-electron chi connectivity index (χ3n) is 11.0. The zero-order valence-corrected chi connectivity index (χ0v) is 19.0. The van der Waals surface area contributed by atoms with Gasteiger partial charge in [0.25, 0.3) is 0 Å². The van der Waals surface area contributed by atoms with E-state index in [1.54, 1.807) is 0 Å². The summed E-state index contributed by atoms with van der Waals surface area (Å²) in [5, 5.41) is 20.0. The van der Waals surface area contributed by atoms with E-state index in [-0.39, 0.29) is 51.8 Å². The van der Waals surface area contributed by atoms with Crippen LogP contribution in [0.3, 0.4) is 0 Å². The Labute approximate surface area is 175 Å². The maximum absolute atomic E-state index is 13.3. The Balaban J connectivity index is 1.68. The molecule has 4 saturated carbocycles. The minimum Gasteiger partial charge on any atom is -0.481 e. The third kappa shape index (κ3) is 2.73. The second-order valence-electron chi connectivity index (χ2n) is 12.2. The number of carbonyl (C=O) groups is 2. The smallest absolute Gasteiger partial charge is 0.304 e. The van der Waals surface area contributed by atoms with Crippen LogP contribution in [0.1, 0.15) is 92.4 Å². The van der Waals surface area contributed by atoms with Crippen molar-refractivity contribution in [3.8, 4) is 0 Å². The molecule has 8 atom stereocenters. The minimum atomic E-state index is -0.845. The number of Topliss-reactive ketones (excluding diaryl/α,β-unsaturated/α-hetero) is 1. The van der Waals surface area contributed by atoms with Crippen LogP contribution in [0.4, 0.5) is 0 Å². The Hall–Kier alpha value is -0.900. The van der Waals surface area contributed by atoms with Crippen molar-refractivity contribution in [1.82, 2.24) is 0 Å². The quantitative estimate of drug-likeness (QED) is 0.673. The first-order chi connectivity index (χ1) is 13.4. The first-order valence-electron chi connectivity index (χ1n) is 11.8. The topological polar surface area (TPSA) is 74.6 Å². The molecule has 4 nitrogen and oxygen atoms in total. The average Bonchev–Trinajstić information content (AvgIpc) is 2.62. The van der Waals surface area contributed by atoms with Crippen molar-refractivity contribution in [2.45, 2.75) is 98.5 Å². The van der Waals surface area contributed by atoms with Gasteiger partial charge in [-0.25, -0.2) is 0 Å². The van der Waals surface area contributed by atoms with Gasteiger partial charge in [-0.1, -0.05) is 34.6 Å². The number of rotatable bonds is 2. The predicted octanol–water partition coefficient (Wildman–Crippen LogP) is 5.08. The molecule has 2 N–H and O–H groups in total. The maximum Gasteiger partial charge on any atom is 0.304 e. The first kappa shape index (κ1) is 21.3. The SMILES string of the molecule is CC1(C)[C@@H](O)CC[C@]2(C)[C@H]3CC[C@@H]4C(=O)[C@@H](CC(=O)O)CC[C@@]4(C)[C@]3(C)CC[C@@H]12. The number of carboxylic acids is 1. The van der Waals surface area contributed by atoms with Gasteiger partial charge in [-0.2, -0.15) is 0 Å². The van der Waals surface area contributed by atoms with Gasteiger partial charge in [0.2, 0.25) is 0 Å². The number of hydrogen-bond acceptors (Lipinski definition) is 3. The van der Waals surface area contributed by atoms with E-state index in [4.69, 9.17) is 0 Å². The molecule has 0 aromatic carbocycles. The van der Waals surface area contributed by atoms with Crippen molar-refractivity contribution in [2.75, 3.05) is 0 Å². The van der Waals surface area contributed by atoms with Crippen LogP contribution in [0, 0.1) is 45.3 Å². The van der Waals surface area contributed by atoms with Crippen molar-refractivity contribution in [3.63, 3.8) is 0 Å². The van der Waals surface area contributed by atoms with Crippen molar-refractivity contribution in [1.29, 1.82) is 0 Å². The molecular weight excluding hydrogens is 364 g/mol. The lowest BCUT2D eigenvalue weighted by Gasteiger charge is -2.71. The molecule has 4 aliphatic carbocycles. The van der Waals surface area contributed by atoms with E-state index in [2.05, 4.69) is 34.6 Å². The van der Waals surface area contributed by atoms with Crippen LogP contribution in [0.15, 0.2) is 0 Å². The van der Waals surface area contributed by atoms with E-state index in [0.29, 0.717) is 11.8 Å². The van der Waals surface area contributed by atoms with Crippen molar-refractivity contribution < 1.29 is 19.8 Å². The lowest BCUT2D eigenvalue weighted by molar-refractivity contribution is -0.229. The standard InChI is InChI=1S/C25H40O4/c1-22(2)17-9-13-25(5)18(23(17,3)11-10-19(22)26)7-6-16-21(29)15(14-20(27)28)8-12-24(16,25)4/h15-19,26H,6-14H2,1-5H3,(H,27,28)/t15-,16-,17+,18-,19+,23+,24-,25-/m1/s1. The molecule has 0 spiro atoms. The van der Waals surface area contributed by atoms with Crippen molar-refractivity contribution >= 4 is 11.8 Å². The molecule has 0 unspecified atom stereocenters. The fraction of sp³-hybridized carbons (Fsp3) is 0.920. The van der Waals surface area contributed by atoms with E-state index in [1.807, 2.05) is 0 Å². The van der Waals surface area contributed by atoms with Crippen LogP contribution in [0.25, 0.3) is 0 Å². The highest BCUT2D eigenvalue weighted by Gasteiger charge is 2.68. The summed E-state index contributed by atoms with van der Waals surface area (Å²) < 4.78 is 0. The molecule has 0 heterocycles. The average molecular weight is 405 g/mol. The van der Waals surface area contributed by atoms with Gasteiger partial charge in [0.05, 0.1) is 12.5 Å². The second-order valence-corrected chi connectivity index (χ2v) is 12.2. The van der Waals surface area contributed by atoms with Crippen LogP contribution in [0.5, 0.6) is 0 Å². The van der Waals surface area contributed by atoms with Gasteiger partial charge >= 0.3 is 5.97 Å². The Morgan fingerprint density at radius 1 is 0.897 bits per heavy atom. The molecule has 0 aromatic heterocycles. The highest BCUT2D eigenvalue weighted by molar-refractivity contribution is 5.88. The number of fused-ring (bicyclic) bond motifs is 5. The Kier molecular flexibility index (Phi) is 4.82. The number of hydrogen-bond donors (Lipinski definition) is 2. The Bertz CT molecular complexity index is 714. The summed E-state index contributed by atoms with van der Waals surface area (Å²) in [5.74, 6) is 0.211. The molecule has 0 bridgehead atoms. The monoisotopic (exact) mass is 404 g/mol. The number of carboxylic acid groups (broad SMARTS) is 1. The zero-order chi connectivity index (χ0) is 21.4. The summed E-state index contributed by atoms with van der Waals surface area (Å²) in [6.07, 6.45) is 7.68. The van der Waals surface area contributed by atoms with E-state index in [0.717, 1.165) is 51.4 Å². The normalized spacial score (nSPS) is 51.5. The van der Waals surface area contributed by atoms with Gasteiger partial charge in [-0.15, -0.1) is 0 Å². The summed E-state index contributed by atoms with van der Waals surface area (Å²) in [6.45, 7) is 11.8. The Morgan fingerprint density at radius 2 is 1.55 bits per heavy atom. The molecule has 0 aliphatic heterocycles. The summed E-state index contributed by atoms with van der Waals surface area (Å²) in [6, 6.07) is 0. The molecule has 0 amide bonds. The lowest BCUT2D eigenvalue weighted by atomic mass is 9.34. The minimum absolute atomic E-state index is 0.00256. The van der Waals surface area contributed by atoms with E-state index in [9.17, 15) is 19.8 Å². The third-order valence-corrected chi connectivity index (χ3v) is 11.0. The van der Waals surface area contributed by atoms with E-state index in [1.165, 1.54) is 0 Å². The van der Waals surface area contributed by atoms with E-state index >= 15 is 0 Å². The molecule has 4 fully saturated rings. The summed E-state index contributed by atoms with van der Waals surface area (Å²) in [7, 11) is 0. The molecule has 4 aliphatic rings. The Morgan fingerprint density at radius 3 is 2.21 bits per heavy atom. The second kappa shape index (κ2) is 6.55. The summed E-state index contributed by atoms with van der Waals surface area (Å²) in [4.78, 5) is 24.6. The van der Waals surface area contributed by atoms with Gasteiger partial charge in [-0.3, -0.25) is 9.59 Å². The van der Waals surface area contributed by atoms with Crippen molar-refractivity contribution in [2.24, 2.45) is 45.3 Å². The van der Waals surface area contributed by atoms with Crippen LogP contribution in [0.2, 0.25) is 0 Å². The van der Waals surface area contributed by atoms with Gasteiger partial charge in [0, 0.05) is 11.8 Å². The fourth-order valence-electron chi connectivity index (χ4n) is 9.15. The highest BCUT2D eigenvalue weighted by Crippen LogP contribution is 2.73. The lowest BCUT2D eigenvalue weighted by Crippen LogP contribution is -2.66. The first-order valence-corrected chi connectivity index (χ1v) is 11.8. The van der Waals surface area contributed by atoms with Gasteiger partial charge in [0.1, 0.15) is 5.78 Å². The van der Waals surface area contributed by atoms with Gasteiger partial charge in [0.15, 0.2) is 0 Å². The predicted molar refractivity (Wildman–Crippen MR) is 112 cm³/mol.